The fraction of sp³-hybridized carbons (Fsp3) is 0.455. The zero-order valence-electron chi connectivity index (χ0n) is 8.93. The Kier molecular flexibility index (Phi) is 2.86. The van der Waals surface area contributed by atoms with E-state index in [4.69, 9.17) is 0 Å². The molecule has 80 valence electrons. The Morgan fingerprint density at radius 3 is 3.00 bits per heavy atom. The van der Waals surface area contributed by atoms with Gasteiger partial charge in [-0.2, -0.15) is 0 Å². The third-order valence-corrected chi connectivity index (χ3v) is 3.55. The van der Waals surface area contributed by atoms with Crippen molar-refractivity contribution >= 4 is 17.2 Å². The lowest BCUT2D eigenvalue weighted by Crippen LogP contribution is -2.34. The number of carbonyl (C=O) groups is 1. The van der Waals surface area contributed by atoms with Gasteiger partial charge in [0.05, 0.1) is 6.04 Å². The van der Waals surface area contributed by atoms with Gasteiger partial charge in [-0.3, -0.25) is 4.79 Å². The highest BCUT2D eigenvalue weighted by Crippen LogP contribution is 2.30. The average molecular weight is 222 g/mol. The molecule has 0 aliphatic carbocycles. The quantitative estimate of drug-likeness (QED) is 0.683. The molecule has 1 aliphatic heterocycles. The molecule has 0 aromatic carbocycles. The van der Waals surface area contributed by atoms with Gasteiger partial charge < -0.3 is 4.90 Å². The van der Waals surface area contributed by atoms with Crippen LogP contribution in [0.3, 0.4) is 0 Å². The average Bonchev–Trinajstić information content (AvgIpc) is 2.65. The van der Waals surface area contributed by atoms with Gasteiger partial charge in [0.2, 0.25) is 5.91 Å². The van der Waals surface area contributed by atoms with Crippen LogP contribution in [-0.4, -0.2) is 22.3 Å². The second-order valence-electron chi connectivity index (χ2n) is 3.70. The number of aryl methyl sites for hydroxylation is 1. The van der Waals surface area contributed by atoms with Crippen molar-refractivity contribution in [3.05, 3.63) is 28.2 Å². The molecule has 4 heteroatoms. The summed E-state index contributed by atoms with van der Waals surface area (Å²) in [7, 11) is 0. The summed E-state index contributed by atoms with van der Waals surface area (Å²) in [5, 5.41) is 1.05. The molecule has 1 aromatic rings. The van der Waals surface area contributed by atoms with Crippen LogP contribution < -0.4 is 0 Å². The van der Waals surface area contributed by atoms with Crippen LogP contribution in [-0.2, 0) is 4.79 Å². The van der Waals surface area contributed by atoms with Crippen molar-refractivity contribution in [2.45, 2.75) is 26.3 Å². The van der Waals surface area contributed by atoms with Gasteiger partial charge in [0.15, 0.2) is 0 Å². The molecule has 0 fully saturated rings. The Morgan fingerprint density at radius 2 is 2.40 bits per heavy atom. The van der Waals surface area contributed by atoms with Crippen molar-refractivity contribution in [1.82, 2.24) is 9.88 Å². The second kappa shape index (κ2) is 4.14. The summed E-state index contributed by atoms with van der Waals surface area (Å²) in [6.07, 6.45) is 6.92. The molecule has 0 bridgehead atoms. The van der Waals surface area contributed by atoms with Gasteiger partial charge in [-0.15, -0.1) is 11.3 Å². The maximum absolute atomic E-state index is 11.5. The molecule has 1 atom stereocenters. The first-order valence-corrected chi connectivity index (χ1v) is 5.84. The lowest BCUT2D eigenvalue weighted by molar-refractivity contribution is -0.130. The lowest BCUT2D eigenvalue weighted by Gasteiger charge is -2.30. The summed E-state index contributed by atoms with van der Waals surface area (Å²) in [6, 6.07) is 0.145. The standard InChI is InChI=1S/C11H14N2OS/c1-8-7-12-11(15-8)10-5-3-4-6-13(10)9(2)14/h3-4,7,10H,5-6H2,1-2H3. The van der Waals surface area contributed by atoms with Crippen molar-refractivity contribution in [3.8, 4) is 0 Å². The van der Waals surface area contributed by atoms with E-state index < -0.39 is 0 Å². The fourth-order valence-electron chi connectivity index (χ4n) is 1.78. The highest BCUT2D eigenvalue weighted by atomic mass is 32.1. The van der Waals surface area contributed by atoms with E-state index in [1.54, 1.807) is 18.3 Å². The third kappa shape index (κ3) is 2.09. The van der Waals surface area contributed by atoms with E-state index in [0.29, 0.717) is 6.54 Å². The van der Waals surface area contributed by atoms with Crippen molar-refractivity contribution in [2.24, 2.45) is 0 Å². The molecule has 0 radical (unpaired) electrons. The number of aromatic nitrogens is 1. The van der Waals surface area contributed by atoms with E-state index in [-0.39, 0.29) is 11.9 Å². The predicted octanol–water partition coefficient (Wildman–Crippen LogP) is 2.30. The summed E-state index contributed by atoms with van der Waals surface area (Å²) < 4.78 is 0. The summed E-state index contributed by atoms with van der Waals surface area (Å²) in [4.78, 5) is 18.9. The van der Waals surface area contributed by atoms with Gasteiger partial charge >= 0.3 is 0 Å². The molecule has 15 heavy (non-hydrogen) atoms. The van der Waals surface area contributed by atoms with Crippen LogP contribution in [0.25, 0.3) is 0 Å². The summed E-state index contributed by atoms with van der Waals surface area (Å²) >= 11 is 1.68. The smallest absolute Gasteiger partial charge is 0.220 e. The molecular formula is C11H14N2OS. The minimum absolute atomic E-state index is 0.122. The Balaban J connectivity index is 2.26. The zero-order chi connectivity index (χ0) is 10.8. The third-order valence-electron chi connectivity index (χ3n) is 2.53. The number of rotatable bonds is 1. The van der Waals surface area contributed by atoms with Crippen LogP contribution in [0, 0.1) is 6.92 Å². The molecular weight excluding hydrogens is 208 g/mol. The largest absolute Gasteiger partial charge is 0.329 e. The van der Waals surface area contributed by atoms with Gasteiger partial charge in [0, 0.05) is 24.5 Å². The number of nitrogens with zero attached hydrogens (tertiary/aromatic N) is 2. The maximum Gasteiger partial charge on any atom is 0.220 e. The second-order valence-corrected chi connectivity index (χ2v) is 4.97. The van der Waals surface area contributed by atoms with Crippen LogP contribution in [0.15, 0.2) is 18.3 Å². The zero-order valence-corrected chi connectivity index (χ0v) is 9.75. The molecule has 3 nitrogen and oxygen atoms in total. The maximum atomic E-state index is 11.5. The van der Waals surface area contributed by atoms with Crippen LogP contribution in [0.2, 0.25) is 0 Å². The first kappa shape index (κ1) is 10.4. The Labute approximate surface area is 93.4 Å². The van der Waals surface area contributed by atoms with E-state index in [1.807, 2.05) is 24.1 Å². The molecule has 1 amide bonds. The molecule has 0 N–H and O–H groups in total. The monoisotopic (exact) mass is 222 g/mol. The topological polar surface area (TPSA) is 33.2 Å². The van der Waals surface area contributed by atoms with Crippen LogP contribution in [0.4, 0.5) is 0 Å². The Bertz CT molecular complexity index is 397. The van der Waals surface area contributed by atoms with Crippen LogP contribution >= 0.6 is 11.3 Å². The SMILES string of the molecule is CC(=O)N1CC=CCC1c1ncc(C)s1. The van der Waals surface area contributed by atoms with E-state index in [2.05, 4.69) is 11.1 Å². The van der Waals surface area contributed by atoms with Crippen molar-refractivity contribution in [3.63, 3.8) is 0 Å². The first-order chi connectivity index (χ1) is 7.18. The van der Waals surface area contributed by atoms with E-state index in [0.717, 1.165) is 11.4 Å². The summed E-state index contributed by atoms with van der Waals surface area (Å²) in [5.74, 6) is 0.122. The fourth-order valence-corrected chi connectivity index (χ4v) is 2.68. The minimum Gasteiger partial charge on any atom is -0.329 e. The molecule has 0 saturated heterocycles. The van der Waals surface area contributed by atoms with Gasteiger partial charge in [0.25, 0.3) is 0 Å². The van der Waals surface area contributed by atoms with Gasteiger partial charge in [-0.05, 0) is 13.3 Å². The van der Waals surface area contributed by atoms with Crippen molar-refractivity contribution in [1.29, 1.82) is 0 Å². The van der Waals surface area contributed by atoms with Crippen molar-refractivity contribution in [2.75, 3.05) is 6.54 Å². The molecule has 1 aromatic heterocycles. The van der Waals surface area contributed by atoms with Crippen molar-refractivity contribution < 1.29 is 4.79 Å². The molecule has 0 saturated carbocycles. The van der Waals surface area contributed by atoms with Crippen LogP contribution in [0.5, 0.6) is 0 Å². The van der Waals surface area contributed by atoms with Gasteiger partial charge in [-0.1, -0.05) is 12.2 Å². The Hall–Kier alpha value is -1.16. The number of thiazole rings is 1. The number of carbonyl (C=O) groups excluding carboxylic acids is 1. The molecule has 0 spiro atoms. The summed E-state index contributed by atoms with van der Waals surface area (Å²) in [6.45, 7) is 4.36. The van der Waals surface area contributed by atoms with E-state index >= 15 is 0 Å². The highest BCUT2D eigenvalue weighted by molar-refractivity contribution is 7.11. The molecule has 2 heterocycles. The normalized spacial score (nSPS) is 20.7. The predicted molar refractivity (Wildman–Crippen MR) is 60.7 cm³/mol. The summed E-state index contributed by atoms with van der Waals surface area (Å²) in [5.41, 5.74) is 0. The van der Waals surface area contributed by atoms with Gasteiger partial charge in [0.1, 0.15) is 5.01 Å². The van der Waals surface area contributed by atoms with Crippen LogP contribution in [0.1, 0.15) is 29.3 Å². The lowest BCUT2D eigenvalue weighted by atomic mass is 10.1. The number of amides is 1. The highest BCUT2D eigenvalue weighted by Gasteiger charge is 2.25. The molecule has 1 aliphatic rings. The molecule has 2 rings (SSSR count). The number of hydrogen-bond acceptors (Lipinski definition) is 3. The van der Waals surface area contributed by atoms with E-state index in [9.17, 15) is 4.79 Å². The van der Waals surface area contributed by atoms with E-state index in [1.165, 1.54) is 4.88 Å². The first-order valence-electron chi connectivity index (χ1n) is 5.03. The van der Waals surface area contributed by atoms with Gasteiger partial charge in [-0.25, -0.2) is 4.98 Å². The molecule has 1 unspecified atom stereocenters. The Morgan fingerprint density at radius 1 is 1.60 bits per heavy atom. The minimum atomic E-state index is 0.122. The number of hydrogen-bond donors (Lipinski definition) is 0.